The van der Waals surface area contributed by atoms with Gasteiger partial charge in [-0.1, -0.05) is 12.1 Å². The van der Waals surface area contributed by atoms with Crippen LogP contribution in [0.15, 0.2) is 30.5 Å². The number of carboxylic acids is 1. The minimum atomic E-state index is -0.988. The highest BCUT2D eigenvalue weighted by molar-refractivity contribution is 7.11. The lowest BCUT2D eigenvalue weighted by Gasteiger charge is -2.16. The van der Waals surface area contributed by atoms with Gasteiger partial charge in [-0.25, -0.2) is 9.78 Å². The number of aryl methyl sites for hydroxylation is 1. The molecule has 110 valence electrons. The zero-order valence-electron chi connectivity index (χ0n) is 11.9. The highest BCUT2D eigenvalue weighted by Crippen LogP contribution is 2.14. The van der Waals surface area contributed by atoms with E-state index in [1.807, 2.05) is 6.92 Å². The third-order valence-corrected chi connectivity index (χ3v) is 3.91. The molecule has 1 N–H and O–H groups in total. The molecule has 0 aliphatic rings. The number of benzene rings is 1. The van der Waals surface area contributed by atoms with Crippen LogP contribution in [0.25, 0.3) is 0 Å². The van der Waals surface area contributed by atoms with Crippen molar-refractivity contribution < 1.29 is 14.7 Å². The molecule has 0 unspecified atom stereocenters. The number of hydrogen-bond acceptors (Lipinski definition) is 4. The normalized spacial score (nSPS) is 10.4. The molecule has 1 amide bonds. The number of carbonyl (C=O) groups is 2. The van der Waals surface area contributed by atoms with Crippen LogP contribution in [-0.2, 0) is 17.8 Å². The van der Waals surface area contributed by atoms with E-state index >= 15 is 0 Å². The molecular formula is C15H16N2O3S. The van der Waals surface area contributed by atoms with Crippen molar-refractivity contribution in [3.05, 3.63) is 51.5 Å². The van der Waals surface area contributed by atoms with Gasteiger partial charge >= 0.3 is 5.97 Å². The predicted molar refractivity (Wildman–Crippen MR) is 80.4 cm³/mol. The van der Waals surface area contributed by atoms with Crippen LogP contribution in [0.5, 0.6) is 0 Å². The fraction of sp³-hybridized carbons (Fsp3) is 0.267. The maximum Gasteiger partial charge on any atom is 0.335 e. The second kappa shape index (κ2) is 6.49. The van der Waals surface area contributed by atoms with Crippen LogP contribution in [0.1, 0.15) is 25.8 Å². The Kier molecular flexibility index (Phi) is 4.70. The Labute approximate surface area is 126 Å². The van der Waals surface area contributed by atoms with Gasteiger partial charge in [0, 0.05) is 18.1 Å². The smallest absolute Gasteiger partial charge is 0.335 e. The van der Waals surface area contributed by atoms with Crippen LogP contribution < -0.4 is 0 Å². The third kappa shape index (κ3) is 4.13. The first-order valence-corrected chi connectivity index (χ1v) is 7.25. The van der Waals surface area contributed by atoms with Crippen molar-refractivity contribution in [1.82, 2.24) is 9.88 Å². The molecule has 2 rings (SSSR count). The van der Waals surface area contributed by atoms with Gasteiger partial charge in [0.15, 0.2) is 0 Å². The van der Waals surface area contributed by atoms with Gasteiger partial charge in [-0.05, 0) is 24.6 Å². The summed E-state index contributed by atoms with van der Waals surface area (Å²) in [5, 5.41) is 9.92. The Morgan fingerprint density at radius 1 is 1.38 bits per heavy atom. The van der Waals surface area contributed by atoms with E-state index in [4.69, 9.17) is 5.11 Å². The molecule has 21 heavy (non-hydrogen) atoms. The number of amides is 1. The number of thiazole rings is 1. The van der Waals surface area contributed by atoms with Crippen LogP contribution in [-0.4, -0.2) is 33.9 Å². The summed E-state index contributed by atoms with van der Waals surface area (Å²) in [4.78, 5) is 29.9. The molecule has 2 aromatic rings. The van der Waals surface area contributed by atoms with Gasteiger partial charge in [0.1, 0.15) is 0 Å². The molecule has 0 saturated heterocycles. The maximum absolute atomic E-state index is 12.2. The van der Waals surface area contributed by atoms with Crippen molar-refractivity contribution in [2.75, 3.05) is 7.05 Å². The monoisotopic (exact) mass is 304 g/mol. The molecule has 5 nitrogen and oxygen atoms in total. The molecule has 1 aromatic heterocycles. The molecule has 0 fully saturated rings. The standard InChI is InChI=1S/C15H16N2O3S/c1-10-16-8-13(21-10)9-17(2)14(18)7-11-4-3-5-12(6-11)15(19)20/h3-6,8H,7,9H2,1-2H3,(H,19,20). The first kappa shape index (κ1) is 15.2. The summed E-state index contributed by atoms with van der Waals surface area (Å²) >= 11 is 1.56. The summed E-state index contributed by atoms with van der Waals surface area (Å²) in [5.74, 6) is -1.04. The summed E-state index contributed by atoms with van der Waals surface area (Å²) in [6.45, 7) is 2.44. The van der Waals surface area contributed by atoms with Crippen molar-refractivity contribution in [3.63, 3.8) is 0 Å². The van der Waals surface area contributed by atoms with E-state index in [2.05, 4.69) is 4.98 Å². The second-order valence-corrected chi connectivity index (χ2v) is 6.10. The molecule has 0 aliphatic heterocycles. The van der Waals surface area contributed by atoms with Gasteiger partial charge in [0.2, 0.25) is 5.91 Å². The van der Waals surface area contributed by atoms with Crippen molar-refractivity contribution in [2.45, 2.75) is 19.9 Å². The number of nitrogens with zero attached hydrogens (tertiary/aromatic N) is 2. The van der Waals surface area contributed by atoms with Gasteiger partial charge < -0.3 is 10.0 Å². The van der Waals surface area contributed by atoms with Crippen molar-refractivity contribution in [1.29, 1.82) is 0 Å². The van der Waals surface area contributed by atoms with Crippen LogP contribution in [0.4, 0.5) is 0 Å². The number of aromatic carboxylic acids is 1. The van der Waals surface area contributed by atoms with Gasteiger partial charge in [-0.3, -0.25) is 4.79 Å². The molecule has 0 aliphatic carbocycles. The number of carboxylic acid groups (broad SMARTS) is 1. The molecule has 1 aromatic carbocycles. The lowest BCUT2D eigenvalue weighted by molar-refractivity contribution is -0.129. The molecule has 0 atom stereocenters. The summed E-state index contributed by atoms with van der Waals surface area (Å²) < 4.78 is 0. The van der Waals surface area contributed by atoms with Gasteiger partial charge in [-0.2, -0.15) is 0 Å². The zero-order chi connectivity index (χ0) is 15.4. The van der Waals surface area contributed by atoms with Crippen molar-refractivity contribution in [3.8, 4) is 0 Å². The third-order valence-electron chi connectivity index (χ3n) is 3.02. The fourth-order valence-electron chi connectivity index (χ4n) is 1.92. The summed E-state index contributed by atoms with van der Waals surface area (Å²) in [5.41, 5.74) is 0.897. The highest BCUT2D eigenvalue weighted by Gasteiger charge is 2.12. The Hall–Kier alpha value is -2.21. The number of aromatic nitrogens is 1. The summed E-state index contributed by atoms with van der Waals surface area (Å²) in [6.07, 6.45) is 1.96. The van der Waals surface area contributed by atoms with Crippen LogP contribution >= 0.6 is 11.3 Å². The van der Waals surface area contributed by atoms with E-state index < -0.39 is 5.97 Å². The minimum absolute atomic E-state index is 0.0522. The Balaban J connectivity index is 2.00. The van der Waals surface area contributed by atoms with Crippen LogP contribution in [0.3, 0.4) is 0 Å². The Morgan fingerprint density at radius 3 is 2.76 bits per heavy atom. The van der Waals surface area contributed by atoms with Gasteiger partial charge in [0.25, 0.3) is 0 Å². The van der Waals surface area contributed by atoms with Crippen LogP contribution in [0.2, 0.25) is 0 Å². The molecular weight excluding hydrogens is 288 g/mol. The zero-order valence-corrected chi connectivity index (χ0v) is 12.7. The fourth-order valence-corrected chi connectivity index (χ4v) is 2.77. The first-order valence-electron chi connectivity index (χ1n) is 6.43. The number of rotatable bonds is 5. The Morgan fingerprint density at radius 2 is 2.14 bits per heavy atom. The lowest BCUT2D eigenvalue weighted by Crippen LogP contribution is -2.27. The average molecular weight is 304 g/mol. The van der Waals surface area contributed by atoms with E-state index in [9.17, 15) is 9.59 Å². The van der Waals surface area contributed by atoms with Gasteiger partial charge in [-0.15, -0.1) is 11.3 Å². The largest absolute Gasteiger partial charge is 0.478 e. The predicted octanol–water partition coefficient (Wildman–Crippen LogP) is 2.35. The summed E-state index contributed by atoms with van der Waals surface area (Å²) in [6, 6.07) is 6.46. The molecule has 0 bridgehead atoms. The van der Waals surface area contributed by atoms with E-state index in [1.54, 1.807) is 41.6 Å². The van der Waals surface area contributed by atoms with Crippen LogP contribution in [0, 0.1) is 6.92 Å². The average Bonchev–Trinajstić information content (AvgIpc) is 2.84. The topological polar surface area (TPSA) is 70.5 Å². The van der Waals surface area contributed by atoms with E-state index in [0.717, 1.165) is 9.88 Å². The summed E-state index contributed by atoms with van der Waals surface area (Å²) in [7, 11) is 1.73. The molecule has 1 heterocycles. The van der Waals surface area contributed by atoms with Gasteiger partial charge in [0.05, 0.1) is 23.5 Å². The van der Waals surface area contributed by atoms with Crippen molar-refractivity contribution >= 4 is 23.2 Å². The molecule has 6 heteroatoms. The van der Waals surface area contributed by atoms with E-state index in [-0.39, 0.29) is 17.9 Å². The van der Waals surface area contributed by atoms with Crippen molar-refractivity contribution in [2.24, 2.45) is 0 Å². The quantitative estimate of drug-likeness (QED) is 0.920. The number of carbonyl (C=O) groups excluding carboxylic acids is 1. The second-order valence-electron chi connectivity index (χ2n) is 4.78. The number of likely N-dealkylation sites (N-methyl/N-ethyl adjacent to an activating group) is 1. The number of hydrogen-bond donors (Lipinski definition) is 1. The SMILES string of the molecule is Cc1ncc(CN(C)C(=O)Cc2cccc(C(=O)O)c2)s1. The molecule has 0 radical (unpaired) electrons. The first-order chi connectivity index (χ1) is 9.95. The lowest BCUT2D eigenvalue weighted by atomic mass is 10.1. The Bertz CT molecular complexity index is 666. The highest BCUT2D eigenvalue weighted by atomic mass is 32.1. The minimum Gasteiger partial charge on any atom is -0.478 e. The molecule has 0 spiro atoms. The maximum atomic E-state index is 12.2. The van der Waals surface area contributed by atoms with E-state index in [0.29, 0.717) is 12.1 Å². The molecule has 0 saturated carbocycles. The van der Waals surface area contributed by atoms with E-state index in [1.165, 1.54) is 12.1 Å².